The highest BCUT2D eigenvalue weighted by molar-refractivity contribution is 9.11. The highest BCUT2D eigenvalue weighted by atomic mass is 79.9. The van der Waals surface area contributed by atoms with Crippen LogP contribution in [0, 0.1) is 0 Å². The van der Waals surface area contributed by atoms with Gasteiger partial charge in [0.25, 0.3) is 0 Å². The number of likely N-dealkylation sites (N-methyl/N-ethyl adjacent to an activating group) is 1. The van der Waals surface area contributed by atoms with E-state index in [0.717, 1.165) is 17.6 Å². The summed E-state index contributed by atoms with van der Waals surface area (Å²) in [6.07, 6.45) is 2.60. The molecule has 3 heteroatoms. The number of halogens is 1. The van der Waals surface area contributed by atoms with E-state index in [2.05, 4.69) is 39.8 Å². The van der Waals surface area contributed by atoms with E-state index in [1.165, 1.54) is 19.4 Å². The second kappa shape index (κ2) is 5.00. The number of hydrogen-bond acceptors (Lipinski definition) is 2. The van der Waals surface area contributed by atoms with Crippen LogP contribution in [0.5, 0.6) is 0 Å². The molecule has 0 radical (unpaired) electrons. The average Bonchev–Trinajstić information content (AvgIpc) is 2.05. The van der Waals surface area contributed by atoms with Gasteiger partial charge in [0.2, 0.25) is 0 Å². The molecule has 0 aromatic carbocycles. The topological polar surface area (TPSA) is 15.3 Å². The van der Waals surface area contributed by atoms with Crippen LogP contribution in [-0.2, 0) is 0 Å². The molecule has 1 aliphatic heterocycles. The molecule has 1 rings (SSSR count). The van der Waals surface area contributed by atoms with Gasteiger partial charge in [-0.25, -0.2) is 0 Å². The van der Waals surface area contributed by atoms with Crippen molar-refractivity contribution in [3.63, 3.8) is 0 Å². The van der Waals surface area contributed by atoms with Gasteiger partial charge in [-0.1, -0.05) is 22.5 Å². The number of nitrogens with zero attached hydrogens (tertiary/aromatic N) is 1. The first-order chi connectivity index (χ1) is 5.70. The van der Waals surface area contributed by atoms with Crippen LogP contribution in [-0.4, -0.2) is 37.6 Å². The lowest BCUT2D eigenvalue weighted by Gasteiger charge is -2.31. The molecule has 1 saturated heterocycles. The van der Waals surface area contributed by atoms with Crippen LogP contribution in [0.4, 0.5) is 0 Å². The summed E-state index contributed by atoms with van der Waals surface area (Å²) in [6, 6.07) is 0.688. The predicted octanol–water partition coefficient (Wildman–Crippen LogP) is 1.58. The van der Waals surface area contributed by atoms with Gasteiger partial charge in [0.15, 0.2) is 0 Å². The third kappa shape index (κ3) is 3.25. The summed E-state index contributed by atoms with van der Waals surface area (Å²) >= 11 is 3.39. The maximum atomic E-state index is 3.84. The first kappa shape index (κ1) is 10.2. The molecule has 70 valence electrons. The Morgan fingerprint density at radius 2 is 2.50 bits per heavy atom. The largest absolute Gasteiger partial charge is 0.315 e. The fraction of sp³-hybridized carbons (Fsp3) is 0.778. The average molecular weight is 233 g/mol. The zero-order valence-corrected chi connectivity index (χ0v) is 9.23. The maximum Gasteiger partial charge on any atom is 0.0294 e. The lowest BCUT2D eigenvalue weighted by molar-refractivity contribution is 0.221. The molecule has 0 aromatic heterocycles. The quantitative estimate of drug-likeness (QED) is 0.796. The van der Waals surface area contributed by atoms with E-state index in [9.17, 15) is 0 Å². The molecule has 1 fully saturated rings. The molecular formula is C9H17BrN2. The molecule has 1 unspecified atom stereocenters. The standard InChI is InChI=1S/C9H17BrN2/c1-8(10)7-12(2)9-4-3-5-11-6-9/h9,11H,1,3-7H2,2H3. The summed E-state index contributed by atoms with van der Waals surface area (Å²) in [5, 5.41) is 3.40. The van der Waals surface area contributed by atoms with Gasteiger partial charge in [-0.15, -0.1) is 0 Å². The van der Waals surface area contributed by atoms with E-state index < -0.39 is 0 Å². The highest BCUT2D eigenvalue weighted by Gasteiger charge is 2.17. The van der Waals surface area contributed by atoms with Gasteiger partial charge in [-0.2, -0.15) is 0 Å². The van der Waals surface area contributed by atoms with Gasteiger partial charge in [-0.3, -0.25) is 4.90 Å². The van der Waals surface area contributed by atoms with E-state index in [-0.39, 0.29) is 0 Å². The molecule has 0 bridgehead atoms. The molecule has 1 N–H and O–H groups in total. The summed E-state index contributed by atoms with van der Waals surface area (Å²) in [4.78, 5) is 2.35. The Bertz CT molecular complexity index is 153. The third-order valence-electron chi connectivity index (χ3n) is 2.32. The molecule has 1 aliphatic rings. The summed E-state index contributed by atoms with van der Waals surface area (Å²) < 4.78 is 1.07. The minimum Gasteiger partial charge on any atom is -0.315 e. The Hall–Kier alpha value is 0.140. The first-order valence-corrected chi connectivity index (χ1v) is 5.23. The zero-order chi connectivity index (χ0) is 8.97. The van der Waals surface area contributed by atoms with Crippen LogP contribution in [0.15, 0.2) is 11.1 Å². The monoisotopic (exact) mass is 232 g/mol. The van der Waals surface area contributed by atoms with Crippen LogP contribution in [0.3, 0.4) is 0 Å². The van der Waals surface area contributed by atoms with Gasteiger partial charge in [-0.05, 0) is 26.4 Å². The van der Waals surface area contributed by atoms with Crippen LogP contribution in [0.2, 0.25) is 0 Å². The fourth-order valence-corrected chi connectivity index (χ4v) is 2.00. The van der Waals surface area contributed by atoms with Gasteiger partial charge in [0.05, 0.1) is 0 Å². The van der Waals surface area contributed by atoms with Crippen molar-refractivity contribution in [2.45, 2.75) is 18.9 Å². The van der Waals surface area contributed by atoms with Crippen molar-refractivity contribution in [1.82, 2.24) is 10.2 Å². The molecule has 1 heterocycles. The normalized spacial score (nSPS) is 24.4. The number of hydrogen-bond donors (Lipinski definition) is 1. The number of piperidine rings is 1. The Morgan fingerprint density at radius 3 is 3.00 bits per heavy atom. The van der Waals surface area contributed by atoms with Crippen molar-refractivity contribution < 1.29 is 0 Å². The van der Waals surface area contributed by atoms with E-state index in [1.807, 2.05) is 0 Å². The smallest absolute Gasteiger partial charge is 0.0294 e. The lowest BCUT2D eigenvalue weighted by Crippen LogP contribution is -2.44. The molecule has 0 saturated carbocycles. The van der Waals surface area contributed by atoms with Gasteiger partial charge in [0.1, 0.15) is 0 Å². The Kier molecular flexibility index (Phi) is 4.26. The van der Waals surface area contributed by atoms with Crippen molar-refractivity contribution in [2.75, 3.05) is 26.7 Å². The summed E-state index contributed by atoms with van der Waals surface area (Å²) in [5.74, 6) is 0. The Morgan fingerprint density at radius 1 is 1.75 bits per heavy atom. The summed E-state index contributed by atoms with van der Waals surface area (Å²) in [5.41, 5.74) is 0. The van der Waals surface area contributed by atoms with E-state index in [4.69, 9.17) is 0 Å². The molecular weight excluding hydrogens is 216 g/mol. The minimum atomic E-state index is 0.688. The second-order valence-electron chi connectivity index (χ2n) is 3.43. The SMILES string of the molecule is C=C(Br)CN(C)C1CCCNC1. The van der Waals surface area contributed by atoms with Crippen molar-refractivity contribution in [3.05, 3.63) is 11.1 Å². The third-order valence-corrected chi connectivity index (χ3v) is 2.57. The van der Waals surface area contributed by atoms with Crippen LogP contribution < -0.4 is 5.32 Å². The number of nitrogens with one attached hydrogen (secondary N) is 1. The Balaban J connectivity index is 2.29. The van der Waals surface area contributed by atoms with E-state index >= 15 is 0 Å². The van der Waals surface area contributed by atoms with Gasteiger partial charge >= 0.3 is 0 Å². The molecule has 0 spiro atoms. The molecule has 1 atom stereocenters. The highest BCUT2D eigenvalue weighted by Crippen LogP contribution is 2.11. The second-order valence-corrected chi connectivity index (χ2v) is 4.55. The van der Waals surface area contributed by atoms with Gasteiger partial charge < -0.3 is 5.32 Å². The van der Waals surface area contributed by atoms with E-state index in [1.54, 1.807) is 0 Å². The molecule has 0 aromatic rings. The van der Waals surface area contributed by atoms with Crippen molar-refractivity contribution >= 4 is 15.9 Å². The van der Waals surface area contributed by atoms with Crippen molar-refractivity contribution in [1.29, 1.82) is 0 Å². The lowest BCUT2D eigenvalue weighted by atomic mass is 10.1. The fourth-order valence-electron chi connectivity index (χ4n) is 1.61. The van der Waals surface area contributed by atoms with Crippen LogP contribution in [0.1, 0.15) is 12.8 Å². The molecule has 0 aliphatic carbocycles. The predicted molar refractivity (Wildman–Crippen MR) is 56.6 cm³/mol. The number of rotatable bonds is 3. The van der Waals surface area contributed by atoms with Gasteiger partial charge in [0, 0.05) is 23.6 Å². The maximum absolute atomic E-state index is 3.84. The van der Waals surface area contributed by atoms with Crippen molar-refractivity contribution in [3.8, 4) is 0 Å². The van der Waals surface area contributed by atoms with Crippen LogP contribution >= 0.6 is 15.9 Å². The molecule has 2 nitrogen and oxygen atoms in total. The first-order valence-electron chi connectivity index (χ1n) is 4.44. The van der Waals surface area contributed by atoms with E-state index in [0.29, 0.717) is 6.04 Å². The molecule has 12 heavy (non-hydrogen) atoms. The minimum absolute atomic E-state index is 0.688. The van der Waals surface area contributed by atoms with Crippen molar-refractivity contribution in [2.24, 2.45) is 0 Å². The van der Waals surface area contributed by atoms with Crippen LogP contribution in [0.25, 0.3) is 0 Å². The Labute approximate surface area is 83.1 Å². The molecule has 0 amide bonds. The summed E-state index contributed by atoms with van der Waals surface area (Å²) in [6.45, 7) is 7.10. The zero-order valence-electron chi connectivity index (χ0n) is 7.65. The summed E-state index contributed by atoms with van der Waals surface area (Å²) in [7, 11) is 2.16.